The Morgan fingerprint density at radius 1 is 1.09 bits per heavy atom. The van der Waals surface area contributed by atoms with Gasteiger partial charge < -0.3 is 19.3 Å². The van der Waals surface area contributed by atoms with Gasteiger partial charge in [0.15, 0.2) is 5.75 Å². The maximum Gasteiger partial charge on any atom is 0.339 e. The van der Waals surface area contributed by atoms with Gasteiger partial charge in [-0.05, 0) is 82.2 Å². The van der Waals surface area contributed by atoms with Crippen LogP contribution < -0.4 is 14.2 Å². The number of hydrogen-bond acceptors (Lipinski definition) is 7. The average molecular weight is 557 g/mol. The van der Waals surface area contributed by atoms with E-state index in [9.17, 15) is 23.3 Å². The van der Waals surface area contributed by atoms with Crippen molar-refractivity contribution in [3.8, 4) is 17.6 Å². The SMILES string of the molecule is COc1ccc(S(=O)(=O)Oc2ccc(/C=C(\C#N)C(=O)Nc3cccc(C(=O)O)c3)cc2Br)cc1. The first-order valence-corrected chi connectivity index (χ1v) is 12.0. The van der Waals surface area contributed by atoms with Crippen molar-refractivity contribution in [2.45, 2.75) is 4.90 Å². The Bertz CT molecular complexity index is 1460. The molecule has 0 aromatic heterocycles. The van der Waals surface area contributed by atoms with Crippen molar-refractivity contribution in [3.63, 3.8) is 0 Å². The van der Waals surface area contributed by atoms with E-state index in [1.807, 2.05) is 0 Å². The van der Waals surface area contributed by atoms with Gasteiger partial charge in [0.25, 0.3) is 5.91 Å². The number of nitrogens with zero attached hydrogens (tertiary/aromatic N) is 1. The second-order valence-corrected chi connectivity index (χ2v) is 9.31. The van der Waals surface area contributed by atoms with Crippen molar-refractivity contribution in [1.82, 2.24) is 0 Å². The summed E-state index contributed by atoms with van der Waals surface area (Å²) < 4.78 is 35.6. The number of nitriles is 1. The van der Waals surface area contributed by atoms with E-state index >= 15 is 0 Å². The molecule has 3 rings (SSSR count). The Kier molecular flexibility index (Phi) is 7.91. The number of methoxy groups -OCH3 is 1. The van der Waals surface area contributed by atoms with Gasteiger partial charge in [0.05, 0.1) is 17.1 Å². The van der Waals surface area contributed by atoms with E-state index in [1.165, 1.54) is 79.9 Å². The van der Waals surface area contributed by atoms with Gasteiger partial charge in [-0.2, -0.15) is 13.7 Å². The summed E-state index contributed by atoms with van der Waals surface area (Å²) in [5, 5.41) is 21.0. The summed E-state index contributed by atoms with van der Waals surface area (Å²) in [6.07, 6.45) is 1.29. The summed E-state index contributed by atoms with van der Waals surface area (Å²) in [5.74, 6) is -1.40. The molecular formula is C24H17BrN2O7S. The monoisotopic (exact) mass is 556 g/mol. The fourth-order valence-electron chi connectivity index (χ4n) is 2.83. The number of halogens is 1. The molecule has 0 radical (unpaired) electrons. The zero-order valence-corrected chi connectivity index (χ0v) is 20.5. The maximum atomic E-state index is 12.6. The predicted octanol–water partition coefficient (Wildman–Crippen LogP) is 4.47. The summed E-state index contributed by atoms with van der Waals surface area (Å²) in [6.45, 7) is 0. The lowest BCUT2D eigenvalue weighted by molar-refractivity contribution is -0.112. The Labute approximate surface area is 209 Å². The number of anilines is 1. The van der Waals surface area contributed by atoms with Crippen LogP contribution in [0.15, 0.2) is 81.7 Å². The Hall–Kier alpha value is -4.14. The van der Waals surface area contributed by atoms with Crippen LogP contribution in [0.5, 0.6) is 11.5 Å². The number of amides is 1. The second kappa shape index (κ2) is 10.9. The standard InChI is InChI=1S/C24H17BrN2O7S/c1-33-19-6-8-20(9-7-19)35(31,32)34-22-10-5-15(12-21(22)25)11-17(14-26)23(28)27-18-4-2-3-16(13-18)24(29)30/h2-13H,1H3,(H,27,28)(H,29,30)/b17-11+. The zero-order chi connectivity index (χ0) is 25.6. The van der Waals surface area contributed by atoms with Crippen molar-refractivity contribution in [3.05, 3.63) is 87.9 Å². The van der Waals surface area contributed by atoms with Crippen molar-refractivity contribution in [2.75, 3.05) is 12.4 Å². The van der Waals surface area contributed by atoms with Crippen LogP contribution in [0.4, 0.5) is 5.69 Å². The molecule has 178 valence electrons. The number of nitrogens with one attached hydrogen (secondary N) is 1. The molecule has 0 atom stereocenters. The van der Waals surface area contributed by atoms with E-state index in [0.29, 0.717) is 11.3 Å². The molecule has 35 heavy (non-hydrogen) atoms. The largest absolute Gasteiger partial charge is 0.497 e. The average Bonchev–Trinajstić information content (AvgIpc) is 2.84. The molecule has 1 amide bonds. The highest BCUT2D eigenvalue weighted by molar-refractivity contribution is 9.10. The number of benzene rings is 3. The molecule has 0 fully saturated rings. The molecule has 0 heterocycles. The molecule has 0 aliphatic heterocycles. The van der Waals surface area contributed by atoms with Gasteiger partial charge >= 0.3 is 16.1 Å². The topological polar surface area (TPSA) is 143 Å². The van der Waals surface area contributed by atoms with Gasteiger partial charge in [-0.3, -0.25) is 4.79 Å². The maximum absolute atomic E-state index is 12.6. The van der Waals surface area contributed by atoms with Crippen LogP contribution in [0.3, 0.4) is 0 Å². The third kappa shape index (κ3) is 6.47. The van der Waals surface area contributed by atoms with E-state index < -0.39 is 22.0 Å². The van der Waals surface area contributed by atoms with Gasteiger partial charge in [-0.25, -0.2) is 4.79 Å². The highest BCUT2D eigenvalue weighted by Crippen LogP contribution is 2.30. The molecule has 0 saturated heterocycles. The smallest absolute Gasteiger partial charge is 0.339 e. The number of carbonyl (C=O) groups excluding carboxylic acids is 1. The Morgan fingerprint density at radius 3 is 2.40 bits per heavy atom. The van der Waals surface area contributed by atoms with Crippen LogP contribution in [-0.4, -0.2) is 32.5 Å². The van der Waals surface area contributed by atoms with Crippen molar-refractivity contribution in [2.24, 2.45) is 0 Å². The number of carbonyl (C=O) groups is 2. The first-order valence-electron chi connectivity index (χ1n) is 9.77. The Morgan fingerprint density at radius 2 is 1.80 bits per heavy atom. The van der Waals surface area contributed by atoms with E-state index in [1.54, 1.807) is 6.07 Å². The van der Waals surface area contributed by atoms with Crippen molar-refractivity contribution < 1.29 is 32.0 Å². The molecule has 0 spiro atoms. The molecule has 11 heteroatoms. The quantitative estimate of drug-likeness (QED) is 0.235. The van der Waals surface area contributed by atoms with Gasteiger partial charge in [0, 0.05) is 5.69 Å². The summed E-state index contributed by atoms with van der Waals surface area (Å²) in [5.41, 5.74) is 0.355. The summed E-state index contributed by atoms with van der Waals surface area (Å²) in [4.78, 5) is 23.5. The summed E-state index contributed by atoms with van der Waals surface area (Å²) >= 11 is 3.24. The lowest BCUT2D eigenvalue weighted by atomic mass is 10.1. The minimum absolute atomic E-state index is 0.00594. The number of hydrogen-bond donors (Lipinski definition) is 2. The first kappa shape index (κ1) is 25.5. The molecule has 0 bridgehead atoms. The van der Waals surface area contributed by atoms with Gasteiger partial charge in [0.2, 0.25) is 0 Å². The first-order chi connectivity index (χ1) is 16.6. The Balaban J connectivity index is 1.78. The third-order valence-corrected chi connectivity index (χ3v) is 6.42. The van der Waals surface area contributed by atoms with E-state index in [-0.39, 0.29) is 31.9 Å². The molecule has 9 nitrogen and oxygen atoms in total. The van der Waals surface area contributed by atoms with Crippen LogP contribution in [0.2, 0.25) is 0 Å². The highest BCUT2D eigenvalue weighted by Gasteiger charge is 2.19. The molecule has 0 unspecified atom stereocenters. The molecule has 0 aliphatic carbocycles. The summed E-state index contributed by atoms with van der Waals surface area (Å²) in [7, 11) is -2.65. The molecular weight excluding hydrogens is 540 g/mol. The van der Waals surface area contributed by atoms with Crippen LogP contribution in [0.1, 0.15) is 15.9 Å². The number of carboxylic acids is 1. The fourth-order valence-corrected chi connectivity index (χ4v) is 4.36. The van der Waals surface area contributed by atoms with Gasteiger partial charge in [-0.15, -0.1) is 0 Å². The normalized spacial score (nSPS) is 11.3. The number of rotatable bonds is 8. The zero-order valence-electron chi connectivity index (χ0n) is 18.1. The number of carboxylic acid groups (broad SMARTS) is 1. The van der Waals surface area contributed by atoms with E-state index in [0.717, 1.165) is 0 Å². The highest BCUT2D eigenvalue weighted by atomic mass is 79.9. The summed E-state index contributed by atoms with van der Waals surface area (Å²) in [6, 6.07) is 17.4. The van der Waals surface area contributed by atoms with Crippen LogP contribution in [-0.2, 0) is 14.9 Å². The molecule has 2 N–H and O–H groups in total. The number of aromatic carboxylic acids is 1. The van der Waals surface area contributed by atoms with Crippen LogP contribution in [0, 0.1) is 11.3 Å². The third-order valence-electron chi connectivity index (χ3n) is 4.55. The van der Waals surface area contributed by atoms with Crippen molar-refractivity contribution >= 4 is 49.7 Å². The predicted molar refractivity (Wildman–Crippen MR) is 131 cm³/mol. The minimum Gasteiger partial charge on any atom is -0.497 e. The van der Waals surface area contributed by atoms with Gasteiger partial charge in [0.1, 0.15) is 22.3 Å². The molecule has 3 aromatic rings. The van der Waals surface area contributed by atoms with Gasteiger partial charge in [-0.1, -0.05) is 12.1 Å². The van der Waals surface area contributed by atoms with Crippen LogP contribution in [0.25, 0.3) is 6.08 Å². The molecule has 0 saturated carbocycles. The van der Waals surface area contributed by atoms with E-state index in [2.05, 4.69) is 21.2 Å². The molecule has 3 aromatic carbocycles. The second-order valence-electron chi connectivity index (χ2n) is 6.91. The molecule has 0 aliphatic rings. The van der Waals surface area contributed by atoms with Crippen LogP contribution >= 0.6 is 15.9 Å². The van der Waals surface area contributed by atoms with Crippen molar-refractivity contribution in [1.29, 1.82) is 5.26 Å². The lowest BCUT2D eigenvalue weighted by Crippen LogP contribution is -2.14. The number of ether oxygens (including phenoxy) is 1. The minimum atomic E-state index is -4.12. The lowest BCUT2D eigenvalue weighted by Gasteiger charge is -2.10. The fraction of sp³-hybridized carbons (Fsp3) is 0.0417. The van der Waals surface area contributed by atoms with E-state index in [4.69, 9.17) is 14.0 Å².